The SMILES string of the molecule is C=N/C=C(\CCC)C(C)C. The van der Waals surface area contributed by atoms with Gasteiger partial charge in [0.05, 0.1) is 0 Å². The van der Waals surface area contributed by atoms with Crippen molar-refractivity contribution in [3.05, 3.63) is 11.8 Å². The first kappa shape index (κ1) is 9.41. The summed E-state index contributed by atoms with van der Waals surface area (Å²) in [5.41, 5.74) is 1.40. The summed E-state index contributed by atoms with van der Waals surface area (Å²) in [6.07, 6.45) is 4.23. The van der Waals surface area contributed by atoms with E-state index in [1.54, 1.807) is 0 Å². The molecule has 0 aromatic carbocycles. The van der Waals surface area contributed by atoms with Crippen molar-refractivity contribution in [2.45, 2.75) is 33.6 Å². The standard InChI is InChI=1S/C9H17N/c1-5-6-9(7-10-4)8(2)3/h7-8H,4-6H2,1-3H3/b9-7+. The fraction of sp³-hybridized carbons (Fsp3) is 0.667. The zero-order chi connectivity index (χ0) is 7.98. The van der Waals surface area contributed by atoms with E-state index in [0.29, 0.717) is 5.92 Å². The van der Waals surface area contributed by atoms with E-state index in [-0.39, 0.29) is 0 Å². The summed E-state index contributed by atoms with van der Waals surface area (Å²) in [6.45, 7) is 9.99. The van der Waals surface area contributed by atoms with E-state index >= 15 is 0 Å². The Balaban J connectivity index is 3.97. The molecule has 0 aliphatic rings. The molecule has 0 rings (SSSR count). The Labute approximate surface area is 63.9 Å². The first-order chi connectivity index (χ1) is 4.72. The minimum atomic E-state index is 0.616. The predicted molar refractivity (Wildman–Crippen MR) is 47.4 cm³/mol. The fourth-order valence-electron chi connectivity index (χ4n) is 0.908. The van der Waals surface area contributed by atoms with Gasteiger partial charge in [-0.1, -0.05) is 27.2 Å². The van der Waals surface area contributed by atoms with Crippen LogP contribution in [0.25, 0.3) is 0 Å². The van der Waals surface area contributed by atoms with Gasteiger partial charge >= 0.3 is 0 Å². The largest absolute Gasteiger partial charge is 0.273 e. The van der Waals surface area contributed by atoms with Crippen LogP contribution in [0.4, 0.5) is 0 Å². The lowest BCUT2D eigenvalue weighted by Gasteiger charge is -2.07. The maximum atomic E-state index is 3.76. The van der Waals surface area contributed by atoms with Gasteiger partial charge in [-0.2, -0.15) is 0 Å². The zero-order valence-corrected chi connectivity index (χ0v) is 7.22. The Hall–Kier alpha value is -0.590. The molecule has 10 heavy (non-hydrogen) atoms. The molecular formula is C9H17N. The zero-order valence-electron chi connectivity index (χ0n) is 7.22. The molecule has 0 atom stereocenters. The van der Waals surface area contributed by atoms with E-state index in [1.807, 2.05) is 6.20 Å². The van der Waals surface area contributed by atoms with Gasteiger partial charge in [-0.05, 0) is 24.6 Å². The van der Waals surface area contributed by atoms with E-state index in [2.05, 4.69) is 32.5 Å². The molecule has 0 unspecified atom stereocenters. The minimum Gasteiger partial charge on any atom is -0.273 e. The summed E-state index contributed by atoms with van der Waals surface area (Å²) in [6, 6.07) is 0. The molecule has 0 bridgehead atoms. The molecule has 0 aromatic heterocycles. The molecule has 0 aliphatic heterocycles. The molecule has 0 spiro atoms. The van der Waals surface area contributed by atoms with Crippen LogP contribution in [0.2, 0.25) is 0 Å². The number of allylic oxidation sites excluding steroid dienone is 1. The minimum absolute atomic E-state index is 0.616. The number of nitrogens with zero attached hydrogens (tertiary/aromatic N) is 1. The molecule has 1 heteroatoms. The maximum absolute atomic E-state index is 3.76. The topological polar surface area (TPSA) is 12.4 Å². The summed E-state index contributed by atoms with van der Waals surface area (Å²) in [4.78, 5) is 3.76. The molecule has 0 fully saturated rings. The van der Waals surface area contributed by atoms with Crippen LogP contribution in [0.5, 0.6) is 0 Å². The normalized spacial score (nSPS) is 12.2. The van der Waals surface area contributed by atoms with Gasteiger partial charge in [0.2, 0.25) is 0 Å². The van der Waals surface area contributed by atoms with Crippen molar-refractivity contribution in [1.29, 1.82) is 0 Å². The Morgan fingerprint density at radius 3 is 2.50 bits per heavy atom. The van der Waals surface area contributed by atoms with Gasteiger partial charge in [-0.3, -0.25) is 4.99 Å². The molecular weight excluding hydrogens is 122 g/mol. The first-order valence-corrected chi connectivity index (χ1v) is 3.87. The molecule has 58 valence electrons. The van der Waals surface area contributed by atoms with Crippen molar-refractivity contribution in [3.8, 4) is 0 Å². The highest BCUT2D eigenvalue weighted by atomic mass is 14.6. The van der Waals surface area contributed by atoms with E-state index in [0.717, 1.165) is 6.42 Å². The van der Waals surface area contributed by atoms with Crippen LogP contribution in [0.15, 0.2) is 16.8 Å². The van der Waals surface area contributed by atoms with Gasteiger partial charge in [0.25, 0.3) is 0 Å². The lowest BCUT2D eigenvalue weighted by molar-refractivity contribution is 0.699. The summed E-state index contributed by atoms with van der Waals surface area (Å²) in [7, 11) is 0. The summed E-state index contributed by atoms with van der Waals surface area (Å²) >= 11 is 0. The second-order valence-electron chi connectivity index (χ2n) is 2.79. The molecule has 0 heterocycles. The third-order valence-corrected chi connectivity index (χ3v) is 1.54. The number of rotatable bonds is 4. The van der Waals surface area contributed by atoms with Crippen molar-refractivity contribution < 1.29 is 0 Å². The summed E-state index contributed by atoms with van der Waals surface area (Å²) in [5, 5.41) is 0. The molecule has 0 saturated carbocycles. The highest BCUT2D eigenvalue weighted by Crippen LogP contribution is 2.15. The quantitative estimate of drug-likeness (QED) is 0.531. The molecule has 0 aliphatic carbocycles. The van der Waals surface area contributed by atoms with Crippen molar-refractivity contribution in [3.63, 3.8) is 0 Å². The van der Waals surface area contributed by atoms with E-state index in [1.165, 1.54) is 12.0 Å². The van der Waals surface area contributed by atoms with E-state index in [4.69, 9.17) is 0 Å². The predicted octanol–water partition coefficient (Wildman–Crippen LogP) is 3.03. The van der Waals surface area contributed by atoms with Crippen LogP contribution in [-0.4, -0.2) is 6.72 Å². The van der Waals surface area contributed by atoms with Gasteiger partial charge in [-0.15, -0.1) is 0 Å². The Morgan fingerprint density at radius 1 is 1.60 bits per heavy atom. The fourth-order valence-corrected chi connectivity index (χ4v) is 0.908. The van der Waals surface area contributed by atoms with Crippen LogP contribution in [0, 0.1) is 5.92 Å². The van der Waals surface area contributed by atoms with Crippen molar-refractivity contribution >= 4 is 6.72 Å². The lowest BCUT2D eigenvalue weighted by Crippen LogP contribution is -1.92. The average Bonchev–Trinajstić information content (AvgIpc) is 1.87. The highest BCUT2D eigenvalue weighted by Gasteiger charge is 1.99. The second-order valence-corrected chi connectivity index (χ2v) is 2.79. The van der Waals surface area contributed by atoms with Crippen LogP contribution in [0.3, 0.4) is 0 Å². The smallest absolute Gasteiger partial charge is 0.0255 e. The molecule has 0 aromatic rings. The Morgan fingerprint density at radius 2 is 2.20 bits per heavy atom. The molecule has 0 N–H and O–H groups in total. The molecule has 0 amide bonds. The average molecular weight is 139 g/mol. The monoisotopic (exact) mass is 139 g/mol. The van der Waals surface area contributed by atoms with Gasteiger partial charge in [0, 0.05) is 6.20 Å². The lowest BCUT2D eigenvalue weighted by atomic mass is 10.0. The van der Waals surface area contributed by atoms with Crippen molar-refractivity contribution in [2.24, 2.45) is 10.9 Å². The van der Waals surface area contributed by atoms with Crippen LogP contribution in [0.1, 0.15) is 33.6 Å². The number of hydrogen-bond donors (Lipinski definition) is 0. The summed E-state index contributed by atoms with van der Waals surface area (Å²) < 4.78 is 0. The third-order valence-electron chi connectivity index (χ3n) is 1.54. The maximum Gasteiger partial charge on any atom is 0.0255 e. The molecule has 0 radical (unpaired) electrons. The molecule has 1 nitrogen and oxygen atoms in total. The highest BCUT2D eigenvalue weighted by molar-refractivity contribution is 5.26. The molecule has 0 saturated heterocycles. The van der Waals surface area contributed by atoms with Gasteiger partial charge in [-0.25, -0.2) is 0 Å². The number of hydrogen-bond acceptors (Lipinski definition) is 1. The van der Waals surface area contributed by atoms with Crippen LogP contribution in [-0.2, 0) is 0 Å². The Bertz CT molecular complexity index is 123. The Kier molecular flexibility index (Phi) is 4.91. The van der Waals surface area contributed by atoms with E-state index < -0.39 is 0 Å². The van der Waals surface area contributed by atoms with Gasteiger partial charge in [0.1, 0.15) is 0 Å². The van der Waals surface area contributed by atoms with Gasteiger partial charge in [0.15, 0.2) is 0 Å². The van der Waals surface area contributed by atoms with Crippen LogP contribution >= 0.6 is 0 Å². The third kappa shape index (κ3) is 3.44. The first-order valence-electron chi connectivity index (χ1n) is 3.87. The van der Waals surface area contributed by atoms with Crippen molar-refractivity contribution in [2.75, 3.05) is 0 Å². The van der Waals surface area contributed by atoms with Crippen molar-refractivity contribution in [1.82, 2.24) is 0 Å². The van der Waals surface area contributed by atoms with Crippen LogP contribution < -0.4 is 0 Å². The second kappa shape index (κ2) is 5.21. The van der Waals surface area contributed by atoms with E-state index in [9.17, 15) is 0 Å². The van der Waals surface area contributed by atoms with Gasteiger partial charge < -0.3 is 0 Å². The summed E-state index contributed by atoms with van der Waals surface area (Å²) in [5.74, 6) is 0.616. The number of aliphatic imine (C=N–C) groups is 1.